The number of thiocyanates is 1. The van der Waals surface area contributed by atoms with E-state index in [4.69, 9.17) is 11.1 Å². The fraction of sp³-hybridized carbons (Fsp3) is 0.500. The molecule has 0 saturated carbocycles. The van der Waals surface area contributed by atoms with E-state index in [2.05, 4.69) is 0 Å². The minimum Gasteiger partial charge on any atom is -0.258 e. The Morgan fingerprint density at radius 2 is 2.50 bits per heavy atom. The normalized spacial score (nSPS) is 8.33. The highest BCUT2D eigenvalue weighted by Gasteiger charge is 1.80. The Balaban J connectivity index is 2.88. The van der Waals surface area contributed by atoms with Crippen molar-refractivity contribution in [3.8, 4) is 5.40 Å². The van der Waals surface area contributed by atoms with Crippen LogP contribution in [-0.2, 0) is 0 Å². The summed E-state index contributed by atoms with van der Waals surface area (Å²) in [5.74, 6) is 4.98. The van der Waals surface area contributed by atoms with Gasteiger partial charge in [-0.15, -0.1) is 0 Å². The average Bonchev–Trinajstić information content (AvgIpc) is 1.35. The van der Waals surface area contributed by atoms with Crippen molar-refractivity contribution in [2.24, 2.45) is 5.84 Å². The molecule has 0 fully saturated rings. The highest BCUT2D eigenvalue weighted by Crippen LogP contribution is 1.92. The number of hydrazine groups is 1. The molecule has 0 aliphatic rings. The molecule has 0 radical (unpaired) electrons. The van der Waals surface area contributed by atoms with Gasteiger partial charge in [0.2, 0.25) is 0 Å². The van der Waals surface area contributed by atoms with E-state index >= 15 is 0 Å². The molecule has 0 aromatic heterocycles. The van der Waals surface area contributed by atoms with Gasteiger partial charge in [0.25, 0.3) is 0 Å². The lowest BCUT2D eigenvalue weighted by molar-refractivity contribution is 0.615. The van der Waals surface area contributed by atoms with Gasteiger partial charge < -0.3 is 0 Å². The summed E-state index contributed by atoms with van der Waals surface area (Å²) < 4.78 is 1.24. The topological polar surface area (TPSA) is 53.0 Å². The molecule has 0 heterocycles. The molecule has 0 aliphatic heterocycles. The van der Waals surface area contributed by atoms with E-state index in [-0.39, 0.29) is 0 Å². The van der Waals surface area contributed by atoms with Crippen molar-refractivity contribution in [1.82, 2.24) is 4.41 Å². The Hall–Kier alpha value is -0.240. The first-order chi connectivity index (χ1) is 2.77. The Labute approximate surface area is 40.8 Å². The van der Waals surface area contributed by atoms with Crippen LogP contribution in [0.3, 0.4) is 0 Å². The molecule has 0 spiro atoms. The van der Waals surface area contributed by atoms with Gasteiger partial charge in [0.05, 0.1) is 11.9 Å². The molecule has 0 amide bonds. The molecule has 0 saturated heterocycles. The smallest absolute Gasteiger partial charge is 0.151 e. The second-order valence-corrected chi connectivity index (χ2v) is 1.67. The van der Waals surface area contributed by atoms with Crippen molar-refractivity contribution in [1.29, 1.82) is 5.26 Å². The number of nitriles is 1. The van der Waals surface area contributed by atoms with E-state index in [1.54, 1.807) is 12.4 Å². The molecule has 0 atom stereocenters. The summed E-state index contributed by atoms with van der Waals surface area (Å²) in [6.07, 6.45) is 0. The maximum absolute atomic E-state index is 7.83. The minimum absolute atomic E-state index is 0.903. The highest BCUT2D eigenvalue weighted by molar-refractivity contribution is 8.01. The van der Waals surface area contributed by atoms with E-state index in [0.717, 1.165) is 11.9 Å². The van der Waals surface area contributed by atoms with E-state index in [0.29, 0.717) is 0 Å². The van der Waals surface area contributed by atoms with Crippen molar-refractivity contribution < 1.29 is 0 Å². The fourth-order valence-electron chi connectivity index (χ4n) is 0.0644. The van der Waals surface area contributed by atoms with Crippen LogP contribution in [-0.4, -0.2) is 11.5 Å². The lowest BCUT2D eigenvalue weighted by atomic mass is 11.5. The predicted octanol–water partition coefficient (Wildman–Crippen LogP) is -0.0788. The lowest BCUT2D eigenvalue weighted by Crippen LogP contribution is -2.15. The van der Waals surface area contributed by atoms with Crippen LogP contribution < -0.4 is 5.84 Å². The maximum atomic E-state index is 7.83. The first-order valence-electron chi connectivity index (χ1n) is 1.32. The van der Waals surface area contributed by atoms with Gasteiger partial charge in [-0.25, -0.2) is 0 Å². The maximum Gasteiger partial charge on any atom is 0.151 e. The van der Waals surface area contributed by atoms with Gasteiger partial charge in [0.15, 0.2) is 5.40 Å². The number of nitrogens with zero attached hydrogens (tertiary/aromatic N) is 2. The molecule has 0 unspecified atom stereocenters. The van der Waals surface area contributed by atoms with Crippen LogP contribution in [0, 0.1) is 10.7 Å². The van der Waals surface area contributed by atoms with Gasteiger partial charge >= 0.3 is 0 Å². The van der Waals surface area contributed by atoms with Crippen molar-refractivity contribution in [2.75, 3.05) is 7.05 Å². The third-order valence-electron chi connectivity index (χ3n) is 0.185. The van der Waals surface area contributed by atoms with Gasteiger partial charge in [0, 0.05) is 7.05 Å². The van der Waals surface area contributed by atoms with Crippen LogP contribution in [0.15, 0.2) is 0 Å². The molecule has 0 bridgehead atoms. The first-order valence-corrected chi connectivity index (χ1v) is 2.09. The van der Waals surface area contributed by atoms with Crippen LogP contribution in [0.5, 0.6) is 0 Å². The quantitative estimate of drug-likeness (QED) is 0.218. The fourth-order valence-corrected chi connectivity index (χ4v) is 0.193. The zero-order valence-corrected chi connectivity index (χ0v) is 4.20. The monoisotopic (exact) mass is 103 g/mol. The summed E-state index contributed by atoms with van der Waals surface area (Å²) in [5, 5.41) is 9.61. The van der Waals surface area contributed by atoms with Gasteiger partial charge in [-0.05, 0) is 0 Å². The Morgan fingerprint density at radius 3 is 2.50 bits per heavy atom. The predicted molar refractivity (Wildman–Crippen MR) is 25.2 cm³/mol. The summed E-state index contributed by atoms with van der Waals surface area (Å²) in [6.45, 7) is 0. The van der Waals surface area contributed by atoms with Crippen molar-refractivity contribution in [3.05, 3.63) is 0 Å². The van der Waals surface area contributed by atoms with E-state index in [9.17, 15) is 0 Å². The first kappa shape index (κ1) is 5.76. The van der Waals surface area contributed by atoms with Gasteiger partial charge in [-0.2, -0.15) is 9.68 Å². The Kier molecular flexibility index (Phi) is 2.85. The molecular weight excluding hydrogens is 98.1 g/mol. The molecular formula is C2H5N3S. The summed E-state index contributed by atoms with van der Waals surface area (Å²) in [7, 11) is 1.61. The molecule has 2 N–H and O–H groups in total. The van der Waals surface area contributed by atoms with Crippen LogP contribution in [0.25, 0.3) is 0 Å². The number of hydrogen-bond acceptors (Lipinski definition) is 4. The van der Waals surface area contributed by atoms with Crippen LogP contribution >= 0.6 is 11.9 Å². The highest BCUT2D eigenvalue weighted by atomic mass is 32.2. The molecule has 0 aromatic rings. The zero-order chi connectivity index (χ0) is 4.99. The standard InChI is InChI=1S/C2H5N3S/c1-5(4)6-2-3/h4H2,1H3. The third kappa shape index (κ3) is 3.76. The van der Waals surface area contributed by atoms with E-state index < -0.39 is 0 Å². The van der Waals surface area contributed by atoms with Crippen LogP contribution in [0.4, 0.5) is 0 Å². The molecule has 0 rings (SSSR count). The largest absolute Gasteiger partial charge is 0.258 e. The zero-order valence-electron chi connectivity index (χ0n) is 3.38. The van der Waals surface area contributed by atoms with Crippen molar-refractivity contribution in [2.45, 2.75) is 0 Å². The number of nitrogens with two attached hydrogens (primary N) is 1. The van der Waals surface area contributed by atoms with Crippen molar-refractivity contribution >= 4 is 11.9 Å². The summed E-state index contributed by atoms with van der Waals surface area (Å²) in [5.41, 5.74) is 0. The SMILES string of the molecule is CN(N)SC#N. The Morgan fingerprint density at radius 1 is 2.00 bits per heavy atom. The molecule has 34 valence electrons. The summed E-state index contributed by atoms with van der Waals surface area (Å²) >= 11 is 0.903. The molecule has 3 nitrogen and oxygen atoms in total. The summed E-state index contributed by atoms with van der Waals surface area (Å²) in [6, 6.07) is 0. The van der Waals surface area contributed by atoms with Gasteiger partial charge in [-0.1, -0.05) is 0 Å². The lowest BCUT2D eigenvalue weighted by Gasteiger charge is -1.95. The van der Waals surface area contributed by atoms with Crippen LogP contribution in [0.2, 0.25) is 0 Å². The van der Waals surface area contributed by atoms with E-state index in [1.807, 2.05) is 0 Å². The minimum atomic E-state index is 0.903. The molecule has 4 heteroatoms. The van der Waals surface area contributed by atoms with E-state index in [1.165, 1.54) is 4.41 Å². The number of rotatable bonds is 1. The van der Waals surface area contributed by atoms with Crippen LogP contribution in [0.1, 0.15) is 0 Å². The van der Waals surface area contributed by atoms with Gasteiger partial charge in [0.1, 0.15) is 0 Å². The third-order valence-corrected chi connectivity index (χ3v) is 0.554. The molecule has 6 heavy (non-hydrogen) atoms. The number of hydrogen-bond donors (Lipinski definition) is 1. The molecule has 0 aliphatic carbocycles. The summed E-state index contributed by atoms with van der Waals surface area (Å²) in [4.78, 5) is 0. The van der Waals surface area contributed by atoms with Gasteiger partial charge in [-0.3, -0.25) is 5.84 Å². The van der Waals surface area contributed by atoms with Crippen molar-refractivity contribution in [3.63, 3.8) is 0 Å². The molecule has 0 aromatic carbocycles. The average molecular weight is 103 g/mol. The Bertz CT molecular complexity index is 63.7. The second kappa shape index (κ2) is 2.97. The second-order valence-electron chi connectivity index (χ2n) is 0.729.